The highest BCUT2D eigenvalue weighted by Gasteiger charge is 2.27. The second-order valence-corrected chi connectivity index (χ2v) is 6.01. The predicted octanol–water partition coefficient (Wildman–Crippen LogP) is 2.57. The van der Waals surface area contributed by atoms with Gasteiger partial charge in [-0.1, -0.05) is 31.2 Å². The van der Waals surface area contributed by atoms with Crippen LogP contribution in [-0.4, -0.2) is 35.4 Å². The molecule has 1 aliphatic heterocycles. The van der Waals surface area contributed by atoms with Crippen LogP contribution in [0, 0.1) is 5.92 Å². The van der Waals surface area contributed by atoms with Crippen molar-refractivity contribution in [1.82, 2.24) is 5.01 Å². The Hall–Kier alpha value is -3.02. The fraction of sp³-hybridized carbons (Fsp3) is 0.263. The Morgan fingerprint density at radius 3 is 2.68 bits per heavy atom. The summed E-state index contributed by atoms with van der Waals surface area (Å²) in [7, 11) is 1.64. The van der Waals surface area contributed by atoms with Crippen molar-refractivity contribution in [2.45, 2.75) is 13.5 Å². The lowest BCUT2D eigenvalue weighted by atomic mass is 9.99. The van der Waals surface area contributed by atoms with E-state index in [2.05, 4.69) is 17.0 Å². The maximum atomic E-state index is 10.0. The summed E-state index contributed by atoms with van der Waals surface area (Å²) in [4.78, 5) is 4.43. The van der Waals surface area contributed by atoms with Crippen LogP contribution in [0.2, 0.25) is 0 Å². The summed E-state index contributed by atoms with van der Waals surface area (Å²) in [6.07, 6.45) is 0. The molecule has 6 nitrogen and oxygen atoms in total. The minimum Gasteiger partial charge on any atom is -0.507 e. The molecule has 0 bridgehead atoms. The van der Waals surface area contributed by atoms with Crippen LogP contribution in [0.3, 0.4) is 0 Å². The maximum Gasteiger partial charge on any atom is 0.212 e. The molecule has 2 aromatic carbocycles. The van der Waals surface area contributed by atoms with Gasteiger partial charge in [0.2, 0.25) is 5.96 Å². The highest BCUT2D eigenvalue weighted by Crippen LogP contribution is 2.25. The number of ether oxygens (including phenoxy) is 1. The Balaban J connectivity index is 1.73. The molecule has 0 saturated carbocycles. The lowest BCUT2D eigenvalue weighted by Gasteiger charge is -2.13. The smallest absolute Gasteiger partial charge is 0.212 e. The van der Waals surface area contributed by atoms with Crippen LogP contribution in [0.15, 0.2) is 58.6 Å². The van der Waals surface area contributed by atoms with Crippen LogP contribution in [-0.2, 0) is 6.54 Å². The van der Waals surface area contributed by atoms with E-state index in [4.69, 9.17) is 10.5 Å². The average molecular weight is 338 g/mol. The van der Waals surface area contributed by atoms with Crippen molar-refractivity contribution in [2.75, 3.05) is 13.7 Å². The largest absolute Gasteiger partial charge is 0.507 e. The third-order valence-corrected chi connectivity index (χ3v) is 4.17. The van der Waals surface area contributed by atoms with E-state index in [-0.39, 0.29) is 11.7 Å². The van der Waals surface area contributed by atoms with Gasteiger partial charge in [0.05, 0.1) is 25.9 Å². The van der Waals surface area contributed by atoms with Gasteiger partial charge in [0.25, 0.3) is 0 Å². The van der Waals surface area contributed by atoms with Crippen LogP contribution < -0.4 is 10.5 Å². The van der Waals surface area contributed by atoms with Gasteiger partial charge < -0.3 is 15.6 Å². The number of methoxy groups -OCH3 is 1. The van der Waals surface area contributed by atoms with Gasteiger partial charge in [-0.2, -0.15) is 5.10 Å². The topological polar surface area (TPSA) is 83.4 Å². The lowest BCUT2D eigenvalue weighted by molar-refractivity contribution is 0.414. The van der Waals surface area contributed by atoms with Crippen molar-refractivity contribution >= 4 is 11.7 Å². The Labute approximate surface area is 147 Å². The molecule has 1 atom stereocenters. The summed E-state index contributed by atoms with van der Waals surface area (Å²) < 4.78 is 5.14. The van der Waals surface area contributed by atoms with E-state index in [1.54, 1.807) is 24.3 Å². The molecule has 6 heteroatoms. The van der Waals surface area contributed by atoms with E-state index >= 15 is 0 Å². The van der Waals surface area contributed by atoms with Crippen LogP contribution in [0.5, 0.6) is 11.5 Å². The molecular formula is C19H22N4O2. The predicted molar refractivity (Wildman–Crippen MR) is 98.8 cm³/mol. The van der Waals surface area contributed by atoms with Gasteiger partial charge in [0.15, 0.2) is 0 Å². The summed E-state index contributed by atoms with van der Waals surface area (Å²) in [6.45, 7) is 3.17. The molecule has 2 aromatic rings. The molecule has 0 radical (unpaired) electrons. The zero-order chi connectivity index (χ0) is 17.8. The van der Waals surface area contributed by atoms with E-state index in [9.17, 15) is 5.11 Å². The van der Waals surface area contributed by atoms with Crippen molar-refractivity contribution in [3.05, 3.63) is 59.7 Å². The number of aromatic hydroxyl groups is 1. The molecule has 0 spiro atoms. The summed E-state index contributed by atoms with van der Waals surface area (Å²) in [6, 6.07) is 14.9. The normalized spacial score (nSPS) is 17.5. The number of hydrogen-bond donors (Lipinski definition) is 2. The van der Waals surface area contributed by atoms with Crippen molar-refractivity contribution in [3.63, 3.8) is 0 Å². The monoisotopic (exact) mass is 338 g/mol. The molecule has 1 heterocycles. The Kier molecular flexibility index (Phi) is 4.88. The van der Waals surface area contributed by atoms with Crippen molar-refractivity contribution < 1.29 is 9.84 Å². The van der Waals surface area contributed by atoms with Crippen molar-refractivity contribution in [3.8, 4) is 11.5 Å². The number of phenolic OH excluding ortho intramolecular Hbond substituents is 1. The maximum absolute atomic E-state index is 10.0. The molecule has 0 amide bonds. The van der Waals surface area contributed by atoms with Gasteiger partial charge in [0, 0.05) is 11.5 Å². The van der Waals surface area contributed by atoms with Gasteiger partial charge in [-0.3, -0.25) is 0 Å². The zero-order valence-electron chi connectivity index (χ0n) is 14.4. The molecule has 0 saturated heterocycles. The summed E-state index contributed by atoms with van der Waals surface area (Å²) in [5.74, 6) is 1.56. The Morgan fingerprint density at radius 2 is 2.00 bits per heavy atom. The first-order valence-corrected chi connectivity index (χ1v) is 8.15. The van der Waals surface area contributed by atoms with Gasteiger partial charge in [-0.05, 0) is 29.8 Å². The van der Waals surface area contributed by atoms with Crippen LogP contribution in [0.25, 0.3) is 0 Å². The van der Waals surface area contributed by atoms with E-state index in [0.29, 0.717) is 19.0 Å². The number of nitrogens with two attached hydrogens (primary N) is 1. The molecular weight excluding hydrogens is 316 g/mol. The first kappa shape index (κ1) is 16.8. The quantitative estimate of drug-likeness (QED) is 0.663. The molecule has 25 heavy (non-hydrogen) atoms. The Morgan fingerprint density at radius 1 is 1.28 bits per heavy atom. The molecule has 130 valence electrons. The number of phenols is 1. The number of hydrazone groups is 1. The van der Waals surface area contributed by atoms with Gasteiger partial charge >= 0.3 is 0 Å². The SMILES string of the molecule is COc1ccc(CN=C(N)N2CC(C)C(c3ccccc3O)=N2)cc1. The molecule has 3 N–H and O–H groups in total. The van der Waals surface area contributed by atoms with Crippen LogP contribution in [0.1, 0.15) is 18.1 Å². The standard InChI is InChI=1S/C19H22N4O2/c1-13-12-23(22-18(13)16-5-3-4-6-17(16)24)19(20)21-11-14-7-9-15(25-2)10-8-14/h3-10,13,24H,11-12H2,1-2H3,(H2,20,21). The highest BCUT2D eigenvalue weighted by molar-refractivity contribution is 6.06. The van der Waals surface area contributed by atoms with Gasteiger partial charge in [0.1, 0.15) is 11.5 Å². The third kappa shape index (κ3) is 3.74. The van der Waals surface area contributed by atoms with Crippen LogP contribution >= 0.6 is 0 Å². The molecule has 3 rings (SSSR count). The summed E-state index contributed by atoms with van der Waals surface area (Å²) in [5.41, 5.74) is 8.70. The number of hydrogen-bond acceptors (Lipinski definition) is 4. The fourth-order valence-corrected chi connectivity index (χ4v) is 2.75. The molecule has 1 unspecified atom stereocenters. The zero-order valence-corrected chi connectivity index (χ0v) is 14.4. The second kappa shape index (κ2) is 7.25. The van der Waals surface area contributed by atoms with E-state index in [1.807, 2.05) is 36.4 Å². The molecule has 0 aromatic heterocycles. The van der Waals surface area contributed by atoms with Gasteiger partial charge in [-0.25, -0.2) is 10.0 Å². The second-order valence-electron chi connectivity index (χ2n) is 6.01. The molecule has 0 fully saturated rings. The van der Waals surface area contributed by atoms with E-state index in [1.165, 1.54) is 0 Å². The summed E-state index contributed by atoms with van der Waals surface area (Å²) in [5, 5.41) is 16.3. The number of aliphatic imine (C=N–C) groups is 1. The van der Waals surface area contributed by atoms with Crippen molar-refractivity contribution in [2.24, 2.45) is 21.7 Å². The first-order chi connectivity index (χ1) is 12.1. The third-order valence-electron chi connectivity index (χ3n) is 4.17. The van der Waals surface area contributed by atoms with E-state index in [0.717, 1.165) is 22.6 Å². The van der Waals surface area contributed by atoms with Gasteiger partial charge in [-0.15, -0.1) is 0 Å². The van der Waals surface area contributed by atoms with E-state index < -0.39 is 0 Å². The number of guanidine groups is 1. The highest BCUT2D eigenvalue weighted by atomic mass is 16.5. The van der Waals surface area contributed by atoms with Crippen molar-refractivity contribution in [1.29, 1.82) is 0 Å². The van der Waals surface area contributed by atoms with Crippen LogP contribution in [0.4, 0.5) is 0 Å². The minimum atomic E-state index is 0.156. The lowest BCUT2D eigenvalue weighted by Crippen LogP contribution is -2.32. The molecule has 1 aliphatic rings. The number of para-hydroxylation sites is 1. The first-order valence-electron chi connectivity index (χ1n) is 8.15. The Bertz CT molecular complexity index is 799. The average Bonchev–Trinajstić information content (AvgIpc) is 3.02. The number of benzene rings is 2. The minimum absolute atomic E-state index is 0.156. The summed E-state index contributed by atoms with van der Waals surface area (Å²) >= 11 is 0. The number of nitrogens with zero attached hydrogens (tertiary/aromatic N) is 3. The fourth-order valence-electron chi connectivity index (χ4n) is 2.75. The molecule has 0 aliphatic carbocycles. The number of rotatable bonds is 4.